The monoisotopic (exact) mass is 564 g/mol. The Bertz CT molecular complexity index is 1060. The first kappa shape index (κ1) is 23.9. The molecule has 0 saturated heterocycles. The normalized spacial score (nSPS) is 20.1. The molecule has 0 N–H and O–H groups in total. The fourth-order valence-corrected chi connectivity index (χ4v) is 38.8. The van der Waals surface area contributed by atoms with Gasteiger partial charge in [-0.25, -0.2) is 0 Å². The van der Waals surface area contributed by atoms with Gasteiger partial charge in [0.25, 0.3) is 0 Å². The van der Waals surface area contributed by atoms with Crippen molar-refractivity contribution in [2.24, 2.45) is 0 Å². The molecular weight excluding hydrogens is 535 g/mol. The maximum absolute atomic E-state index is 8.07. The Labute approximate surface area is 196 Å². The zero-order chi connectivity index (χ0) is 22.3. The van der Waals surface area contributed by atoms with Crippen LogP contribution in [0.15, 0.2) is 60.7 Å². The first-order valence-electron chi connectivity index (χ1n) is 11.2. The van der Waals surface area contributed by atoms with Gasteiger partial charge in [-0.1, -0.05) is 0 Å². The summed E-state index contributed by atoms with van der Waals surface area (Å²) in [7, 11) is 14.6. The molecule has 2 aliphatic rings. The predicted octanol–water partition coefficient (Wildman–Crippen LogP) is 8.38. The molecule has 0 aliphatic heterocycles. The van der Waals surface area contributed by atoms with E-state index in [-0.39, 0.29) is 7.25 Å². The fraction of sp³-hybridized carbons (Fsp3) is 0.360. The van der Waals surface area contributed by atoms with Gasteiger partial charge < -0.3 is 0 Å². The third-order valence-electron chi connectivity index (χ3n) is 6.79. The van der Waals surface area contributed by atoms with Crippen molar-refractivity contribution in [1.29, 1.82) is 0 Å². The first-order valence-corrected chi connectivity index (χ1v) is 29.7. The molecule has 2 aromatic rings. The van der Waals surface area contributed by atoms with Crippen molar-refractivity contribution in [2.75, 3.05) is 6.61 Å². The molecule has 1 nitrogen and oxygen atoms in total. The average molecular weight is 567 g/mol. The number of rotatable bonds is 7. The van der Waals surface area contributed by atoms with Crippen LogP contribution in [-0.4, -0.2) is 20.4 Å². The van der Waals surface area contributed by atoms with E-state index in [2.05, 4.69) is 99.0 Å². The van der Waals surface area contributed by atoms with Crippen molar-refractivity contribution in [3.05, 3.63) is 82.9 Å². The zero-order valence-electron chi connectivity index (χ0n) is 18.9. The second-order valence-electron chi connectivity index (χ2n) is 9.93. The van der Waals surface area contributed by atoms with Crippen LogP contribution in [0.2, 0.25) is 32.2 Å². The Hall–Kier alpha value is -0.223. The van der Waals surface area contributed by atoms with E-state index < -0.39 is 28.8 Å². The van der Waals surface area contributed by atoms with Crippen molar-refractivity contribution in [2.45, 2.75) is 45.9 Å². The Kier molecular flexibility index (Phi) is 6.83. The Balaban J connectivity index is 1.81. The summed E-state index contributed by atoms with van der Waals surface area (Å²) in [5, 5.41) is 0. The van der Waals surface area contributed by atoms with Crippen LogP contribution in [0, 0.1) is 0 Å². The number of allylic oxidation sites excluding steroid dienone is 2. The molecule has 2 atom stereocenters. The molecular formula is C25H32Cl2OSi2Zr. The molecule has 0 saturated carbocycles. The van der Waals surface area contributed by atoms with Crippen LogP contribution < -0.4 is 0 Å². The molecule has 0 aromatic heterocycles. The molecule has 0 spiro atoms. The maximum atomic E-state index is 8.07. The van der Waals surface area contributed by atoms with Crippen LogP contribution in [-0.2, 0) is 19.4 Å². The van der Waals surface area contributed by atoms with Gasteiger partial charge in [-0.3, -0.25) is 0 Å². The molecule has 0 bridgehead atoms. The zero-order valence-corrected chi connectivity index (χ0v) is 24.8. The molecule has 6 heteroatoms. The van der Waals surface area contributed by atoms with Gasteiger partial charge in [0.1, 0.15) is 0 Å². The van der Waals surface area contributed by atoms with Crippen LogP contribution in [0.5, 0.6) is 0 Å². The van der Waals surface area contributed by atoms with Gasteiger partial charge in [0.15, 0.2) is 0 Å². The van der Waals surface area contributed by atoms with Gasteiger partial charge in [0.05, 0.1) is 0 Å². The number of fused-ring (bicyclic) bond motifs is 2. The Morgan fingerprint density at radius 2 is 1.35 bits per heavy atom. The minimum absolute atomic E-state index is 0.165. The summed E-state index contributed by atoms with van der Waals surface area (Å²) in [4.78, 5) is 0. The third-order valence-corrected chi connectivity index (χ3v) is 53.2. The van der Waals surface area contributed by atoms with E-state index in [1.54, 1.807) is 0 Å². The van der Waals surface area contributed by atoms with E-state index in [1.165, 1.54) is 22.3 Å². The Morgan fingerprint density at radius 3 is 1.84 bits per heavy atom. The standard InChI is InChI=1S/2C9H7.C7H18OSi2.2ClH.Zr/c2*1-2-5-9-7-3-6-8(9)4-1;1-9-7-5-6-8-10(2,3)4;;;/h2*1-7H;5-7H2,1-4H3;2*1H;/q;;;;;+2/p-2. The van der Waals surface area contributed by atoms with E-state index in [9.17, 15) is 0 Å². The van der Waals surface area contributed by atoms with Gasteiger partial charge in [-0.15, -0.1) is 0 Å². The molecule has 4 rings (SSSR count). The van der Waals surface area contributed by atoms with Gasteiger partial charge in [0.2, 0.25) is 0 Å². The number of hydrogen-bond donors (Lipinski definition) is 0. The number of hydrogen-bond acceptors (Lipinski definition) is 1. The summed E-state index contributed by atoms with van der Waals surface area (Å²) in [5.41, 5.74) is 4.20. The summed E-state index contributed by atoms with van der Waals surface area (Å²) in [6.45, 7) is 9.98. The summed E-state index contributed by atoms with van der Waals surface area (Å²) in [5.74, 6) is 0. The van der Waals surface area contributed by atoms with E-state index in [1.807, 2.05) is 0 Å². The average Bonchev–Trinajstić information content (AvgIpc) is 3.35. The van der Waals surface area contributed by atoms with E-state index in [4.69, 9.17) is 21.5 Å². The van der Waals surface area contributed by atoms with Crippen molar-refractivity contribution < 1.29 is 19.4 Å². The molecule has 0 fully saturated rings. The molecule has 0 radical (unpaired) electrons. The molecule has 164 valence electrons. The number of halogens is 2. The van der Waals surface area contributed by atoms with Crippen molar-refractivity contribution in [3.8, 4) is 0 Å². The minimum atomic E-state index is -4.44. The third kappa shape index (κ3) is 4.46. The first-order chi connectivity index (χ1) is 14.6. The molecule has 0 heterocycles. The van der Waals surface area contributed by atoms with E-state index in [0.29, 0.717) is 0 Å². The molecule has 2 aromatic carbocycles. The predicted molar refractivity (Wildman–Crippen MR) is 138 cm³/mol. The van der Waals surface area contributed by atoms with Crippen LogP contribution in [0.3, 0.4) is 0 Å². The summed E-state index contributed by atoms with van der Waals surface area (Å²) >= 11 is -4.44. The van der Waals surface area contributed by atoms with Crippen LogP contribution in [0.1, 0.15) is 35.9 Å². The second-order valence-corrected chi connectivity index (χ2v) is 52.4. The molecule has 2 unspecified atom stereocenters. The number of benzene rings is 2. The molecule has 2 aliphatic carbocycles. The van der Waals surface area contributed by atoms with Crippen LogP contribution in [0.4, 0.5) is 0 Å². The van der Waals surface area contributed by atoms with Crippen LogP contribution >= 0.6 is 17.0 Å². The summed E-state index contributed by atoms with van der Waals surface area (Å²) in [6, 6.07) is 18.4. The van der Waals surface area contributed by atoms with Crippen molar-refractivity contribution in [3.63, 3.8) is 0 Å². The van der Waals surface area contributed by atoms with Gasteiger partial charge in [0, 0.05) is 0 Å². The van der Waals surface area contributed by atoms with Gasteiger partial charge in [-0.05, 0) is 0 Å². The quantitative estimate of drug-likeness (QED) is 0.242. The van der Waals surface area contributed by atoms with Crippen molar-refractivity contribution >= 4 is 42.9 Å². The van der Waals surface area contributed by atoms with E-state index >= 15 is 0 Å². The summed E-state index contributed by atoms with van der Waals surface area (Å²) < 4.78 is 6.48. The van der Waals surface area contributed by atoms with Gasteiger partial charge in [-0.2, -0.15) is 0 Å². The van der Waals surface area contributed by atoms with Crippen LogP contribution in [0.25, 0.3) is 12.2 Å². The van der Waals surface area contributed by atoms with Crippen molar-refractivity contribution in [1.82, 2.24) is 0 Å². The second kappa shape index (κ2) is 8.85. The SMILES string of the molecule is C[Si](CCCO[Si](C)(C)C)=[Zr]([Cl])([Cl])([CH]1C=Cc2ccccc21)[CH]1C=Cc2ccccc21. The van der Waals surface area contributed by atoms with Gasteiger partial charge >= 0.3 is 198 Å². The Morgan fingerprint density at radius 1 is 0.871 bits per heavy atom. The topological polar surface area (TPSA) is 9.23 Å². The molecule has 31 heavy (non-hydrogen) atoms. The summed E-state index contributed by atoms with van der Waals surface area (Å²) in [6.07, 6.45) is 10.2. The molecule has 0 amide bonds. The fourth-order valence-electron chi connectivity index (χ4n) is 5.10. The van der Waals surface area contributed by atoms with E-state index in [0.717, 1.165) is 19.1 Å².